The topological polar surface area (TPSA) is 67.8 Å². The fourth-order valence-corrected chi connectivity index (χ4v) is 2.79. The molecule has 6 heteroatoms. The number of benzene rings is 1. The lowest BCUT2D eigenvalue weighted by molar-refractivity contribution is -0.124. The predicted molar refractivity (Wildman–Crippen MR) is 90.1 cm³/mol. The number of methoxy groups -OCH3 is 1. The monoisotopic (exact) mass is 335 g/mol. The Balaban J connectivity index is 1.78. The molecule has 2 rings (SSSR count). The fraction of sp³-hybridized carbons (Fsp3) is 0.353. The second kappa shape index (κ2) is 7.99. The van der Waals surface area contributed by atoms with Crippen LogP contribution in [0.3, 0.4) is 0 Å². The van der Waals surface area contributed by atoms with Crippen LogP contribution in [0.1, 0.15) is 12.5 Å². The molecule has 2 aromatic rings. The molecule has 1 amide bonds. The van der Waals surface area contributed by atoms with Crippen LogP contribution in [-0.4, -0.2) is 36.9 Å². The maximum Gasteiger partial charge on any atom is 0.258 e. The molecule has 1 aromatic carbocycles. The Labute approximate surface area is 139 Å². The standard InChI is InChI=1S/C17H21NO4S/c1-17(20,9-13-7-8-23-11-13)12-18-16(19)10-22-15-6-4-3-5-14(15)21-2/h3-8,11,20H,9-10,12H2,1-2H3,(H,18,19). The number of para-hydroxylation sites is 2. The van der Waals surface area contributed by atoms with E-state index in [-0.39, 0.29) is 19.1 Å². The molecule has 1 heterocycles. The van der Waals surface area contributed by atoms with Crippen molar-refractivity contribution in [3.63, 3.8) is 0 Å². The molecule has 0 aliphatic rings. The quantitative estimate of drug-likeness (QED) is 0.776. The molecule has 2 N–H and O–H groups in total. The molecule has 1 aromatic heterocycles. The maximum absolute atomic E-state index is 11.9. The third kappa shape index (κ3) is 5.58. The van der Waals surface area contributed by atoms with E-state index in [0.717, 1.165) is 5.56 Å². The van der Waals surface area contributed by atoms with Crippen LogP contribution < -0.4 is 14.8 Å². The number of hydrogen-bond acceptors (Lipinski definition) is 5. The molecule has 0 radical (unpaired) electrons. The number of rotatable bonds is 8. The third-order valence-electron chi connectivity index (χ3n) is 3.26. The van der Waals surface area contributed by atoms with Gasteiger partial charge in [0.2, 0.25) is 0 Å². The van der Waals surface area contributed by atoms with E-state index in [1.54, 1.807) is 43.6 Å². The highest BCUT2D eigenvalue weighted by atomic mass is 32.1. The van der Waals surface area contributed by atoms with E-state index in [2.05, 4.69) is 5.32 Å². The van der Waals surface area contributed by atoms with Crippen LogP contribution in [0.15, 0.2) is 41.1 Å². The molecule has 0 saturated carbocycles. The summed E-state index contributed by atoms with van der Waals surface area (Å²) in [6.07, 6.45) is 0.490. The molecule has 0 aliphatic heterocycles. The molecule has 0 aliphatic carbocycles. The summed E-state index contributed by atoms with van der Waals surface area (Å²) in [5, 5.41) is 17.0. The number of amides is 1. The van der Waals surface area contributed by atoms with Gasteiger partial charge in [0, 0.05) is 13.0 Å². The van der Waals surface area contributed by atoms with E-state index in [9.17, 15) is 9.90 Å². The first-order chi connectivity index (χ1) is 11.0. The number of carbonyl (C=O) groups excluding carboxylic acids is 1. The second-order valence-electron chi connectivity index (χ2n) is 5.52. The van der Waals surface area contributed by atoms with Crippen LogP contribution in [0.2, 0.25) is 0 Å². The van der Waals surface area contributed by atoms with E-state index < -0.39 is 5.60 Å². The van der Waals surface area contributed by atoms with E-state index in [0.29, 0.717) is 17.9 Å². The van der Waals surface area contributed by atoms with E-state index >= 15 is 0 Å². The Hall–Kier alpha value is -2.05. The number of ether oxygens (including phenoxy) is 2. The molecule has 1 atom stereocenters. The number of carbonyl (C=O) groups is 1. The van der Waals surface area contributed by atoms with Crippen LogP contribution in [0.4, 0.5) is 0 Å². The van der Waals surface area contributed by atoms with Gasteiger partial charge in [-0.2, -0.15) is 11.3 Å². The summed E-state index contributed by atoms with van der Waals surface area (Å²) in [4.78, 5) is 11.9. The molecule has 0 spiro atoms. The average Bonchev–Trinajstić information content (AvgIpc) is 3.03. The van der Waals surface area contributed by atoms with Crippen LogP contribution >= 0.6 is 11.3 Å². The first-order valence-electron chi connectivity index (χ1n) is 7.26. The molecule has 0 saturated heterocycles. The maximum atomic E-state index is 11.9. The smallest absolute Gasteiger partial charge is 0.258 e. The van der Waals surface area contributed by atoms with Crippen molar-refractivity contribution in [3.8, 4) is 11.5 Å². The van der Waals surface area contributed by atoms with E-state index in [1.807, 2.05) is 22.9 Å². The normalized spacial score (nSPS) is 13.2. The summed E-state index contributed by atoms with van der Waals surface area (Å²) >= 11 is 1.58. The van der Waals surface area contributed by atoms with Gasteiger partial charge >= 0.3 is 0 Å². The average molecular weight is 335 g/mol. The van der Waals surface area contributed by atoms with Crippen LogP contribution in [0.25, 0.3) is 0 Å². The minimum Gasteiger partial charge on any atom is -0.493 e. The van der Waals surface area contributed by atoms with Gasteiger partial charge in [-0.1, -0.05) is 12.1 Å². The van der Waals surface area contributed by atoms with Gasteiger partial charge in [-0.05, 0) is 41.4 Å². The van der Waals surface area contributed by atoms with Gasteiger partial charge in [0.05, 0.1) is 12.7 Å². The van der Waals surface area contributed by atoms with Gasteiger partial charge < -0.3 is 19.9 Å². The van der Waals surface area contributed by atoms with Crippen molar-refractivity contribution in [3.05, 3.63) is 46.7 Å². The highest BCUT2D eigenvalue weighted by molar-refractivity contribution is 7.07. The van der Waals surface area contributed by atoms with Crippen LogP contribution in [0, 0.1) is 0 Å². The molecule has 1 unspecified atom stereocenters. The van der Waals surface area contributed by atoms with Gasteiger partial charge in [0.1, 0.15) is 0 Å². The summed E-state index contributed by atoms with van der Waals surface area (Å²) in [6, 6.07) is 9.10. The predicted octanol–water partition coefficient (Wildman–Crippen LogP) is 2.25. The zero-order chi connectivity index (χ0) is 16.7. The van der Waals surface area contributed by atoms with Gasteiger partial charge in [-0.25, -0.2) is 0 Å². The van der Waals surface area contributed by atoms with Crippen molar-refractivity contribution in [1.29, 1.82) is 0 Å². The minimum absolute atomic E-state index is 0.130. The van der Waals surface area contributed by atoms with Gasteiger partial charge in [-0.15, -0.1) is 0 Å². The SMILES string of the molecule is COc1ccccc1OCC(=O)NCC(C)(O)Cc1ccsc1. The first kappa shape index (κ1) is 17.3. The molecule has 23 heavy (non-hydrogen) atoms. The Morgan fingerprint density at radius 3 is 2.70 bits per heavy atom. The zero-order valence-electron chi connectivity index (χ0n) is 13.2. The van der Waals surface area contributed by atoms with E-state index in [1.165, 1.54) is 0 Å². The van der Waals surface area contributed by atoms with Gasteiger partial charge in [0.25, 0.3) is 5.91 Å². The zero-order valence-corrected chi connectivity index (χ0v) is 14.1. The second-order valence-corrected chi connectivity index (χ2v) is 6.30. The summed E-state index contributed by atoms with van der Waals surface area (Å²) < 4.78 is 10.6. The highest BCUT2D eigenvalue weighted by Gasteiger charge is 2.22. The van der Waals surface area contributed by atoms with Crippen molar-refractivity contribution >= 4 is 17.2 Å². The number of aliphatic hydroxyl groups is 1. The fourth-order valence-electron chi connectivity index (χ4n) is 2.12. The lowest BCUT2D eigenvalue weighted by atomic mass is 9.98. The van der Waals surface area contributed by atoms with Crippen molar-refractivity contribution in [2.75, 3.05) is 20.3 Å². The Kier molecular flexibility index (Phi) is 6.01. The van der Waals surface area contributed by atoms with Crippen molar-refractivity contribution in [2.45, 2.75) is 18.9 Å². The molecular weight excluding hydrogens is 314 g/mol. The van der Waals surface area contributed by atoms with Crippen molar-refractivity contribution in [2.24, 2.45) is 0 Å². The van der Waals surface area contributed by atoms with Crippen LogP contribution in [-0.2, 0) is 11.2 Å². The minimum atomic E-state index is -0.999. The number of nitrogens with one attached hydrogen (secondary N) is 1. The Morgan fingerprint density at radius 1 is 1.30 bits per heavy atom. The molecular formula is C17H21NO4S. The molecule has 0 fully saturated rings. The first-order valence-corrected chi connectivity index (χ1v) is 8.20. The van der Waals surface area contributed by atoms with Crippen molar-refractivity contribution < 1.29 is 19.4 Å². The molecule has 0 bridgehead atoms. The van der Waals surface area contributed by atoms with Gasteiger partial charge in [-0.3, -0.25) is 4.79 Å². The van der Waals surface area contributed by atoms with Crippen molar-refractivity contribution in [1.82, 2.24) is 5.32 Å². The summed E-state index contributed by atoms with van der Waals surface area (Å²) in [5.74, 6) is 0.793. The third-order valence-corrected chi connectivity index (χ3v) is 3.99. The van der Waals surface area contributed by atoms with Crippen LogP contribution in [0.5, 0.6) is 11.5 Å². The molecule has 5 nitrogen and oxygen atoms in total. The lowest BCUT2D eigenvalue weighted by Gasteiger charge is -2.23. The highest BCUT2D eigenvalue weighted by Crippen LogP contribution is 2.25. The van der Waals surface area contributed by atoms with E-state index in [4.69, 9.17) is 9.47 Å². The number of thiophene rings is 1. The largest absolute Gasteiger partial charge is 0.493 e. The number of hydrogen-bond donors (Lipinski definition) is 2. The van der Waals surface area contributed by atoms with Gasteiger partial charge in [0.15, 0.2) is 18.1 Å². The summed E-state index contributed by atoms with van der Waals surface area (Å²) in [7, 11) is 1.55. The lowest BCUT2D eigenvalue weighted by Crippen LogP contribution is -2.43. The Bertz CT molecular complexity index is 625. The Morgan fingerprint density at radius 2 is 2.04 bits per heavy atom. The summed E-state index contributed by atoms with van der Waals surface area (Å²) in [6.45, 7) is 1.73. The summed E-state index contributed by atoms with van der Waals surface area (Å²) in [5.41, 5.74) is 0.0563. The molecule has 124 valence electrons.